The number of hydrogen-bond acceptors (Lipinski definition) is 3. The van der Waals surface area contributed by atoms with Crippen LogP contribution in [-0.4, -0.2) is 6.67 Å². The zero-order valence-corrected chi connectivity index (χ0v) is 6.38. The largest absolute Gasteiger partial charge is 0.299 e. The normalized spacial score (nSPS) is 9.91. The van der Waals surface area contributed by atoms with Crippen molar-refractivity contribution >= 4 is 0 Å². The number of nitrogens with two attached hydrogens (primary N) is 1. The Balaban J connectivity index is 2.28. The predicted molar refractivity (Wildman–Crippen MR) is 45.5 cm³/mol. The lowest BCUT2D eigenvalue weighted by Crippen LogP contribution is -2.33. The molecule has 3 heteroatoms. The summed E-state index contributed by atoms with van der Waals surface area (Å²) in [7, 11) is 0. The van der Waals surface area contributed by atoms with Gasteiger partial charge in [-0.25, -0.2) is 5.43 Å². The van der Waals surface area contributed by atoms with Crippen LogP contribution in [0.25, 0.3) is 0 Å². The summed E-state index contributed by atoms with van der Waals surface area (Å²) < 4.78 is 0. The number of nitrogens with one attached hydrogen (secondary N) is 2. The molecule has 0 aliphatic rings. The van der Waals surface area contributed by atoms with Gasteiger partial charge < -0.3 is 0 Å². The molecule has 0 radical (unpaired) electrons. The first-order valence-corrected chi connectivity index (χ1v) is 3.61. The Morgan fingerprint density at radius 3 is 2.55 bits per heavy atom. The molecule has 0 aliphatic carbocycles. The first-order valence-electron chi connectivity index (χ1n) is 3.61. The molecule has 0 unspecified atom stereocenters. The van der Waals surface area contributed by atoms with Crippen molar-refractivity contribution in [2.45, 2.75) is 6.54 Å². The van der Waals surface area contributed by atoms with Gasteiger partial charge >= 0.3 is 0 Å². The minimum atomic E-state index is 0.634. The lowest BCUT2D eigenvalue weighted by Gasteiger charge is -2.02. The molecule has 0 heterocycles. The van der Waals surface area contributed by atoms with Crippen molar-refractivity contribution in [3.63, 3.8) is 0 Å². The van der Waals surface area contributed by atoms with Gasteiger partial charge in [0.25, 0.3) is 0 Å². The van der Waals surface area contributed by atoms with Crippen LogP contribution in [-0.2, 0) is 6.54 Å². The molecule has 0 fully saturated rings. The molecule has 0 amide bonds. The Bertz CT molecular complexity index is 186. The molecule has 0 saturated heterocycles. The van der Waals surface area contributed by atoms with Crippen molar-refractivity contribution in [1.82, 2.24) is 10.7 Å². The van der Waals surface area contributed by atoms with E-state index in [2.05, 4.69) is 22.9 Å². The second kappa shape index (κ2) is 4.85. The van der Waals surface area contributed by atoms with Crippen LogP contribution in [0.5, 0.6) is 0 Å². The fraction of sp³-hybridized carbons (Fsp3) is 0.250. The first-order chi connectivity index (χ1) is 5.43. The maximum Gasteiger partial charge on any atom is 0.0590 e. The summed E-state index contributed by atoms with van der Waals surface area (Å²) in [6.45, 7) is 1.49. The van der Waals surface area contributed by atoms with E-state index in [4.69, 9.17) is 5.84 Å². The fourth-order valence-corrected chi connectivity index (χ4v) is 0.875. The fourth-order valence-electron chi connectivity index (χ4n) is 0.875. The SMILES string of the molecule is NNCNCc1ccccc1. The third kappa shape index (κ3) is 3.13. The molecule has 4 N–H and O–H groups in total. The molecule has 0 saturated carbocycles. The van der Waals surface area contributed by atoms with Crippen LogP contribution in [0, 0.1) is 0 Å². The number of hydrogen-bond donors (Lipinski definition) is 3. The quantitative estimate of drug-likeness (QED) is 0.249. The molecule has 0 aliphatic heterocycles. The molecule has 0 aromatic heterocycles. The van der Waals surface area contributed by atoms with Crippen molar-refractivity contribution in [3.05, 3.63) is 35.9 Å². The average molecular weight is 151 g/mol. The zero-order chi connectivity index (χ0) is 7.94. The summed E-state index contributed by atoms with van der Waals surface area (Å²) >= 11 is 0. The van der Waals surface area contributed by atoms with Crippen LogP contribution in [0.3, 0.4) is 0 Å². The summed E-state index contributed by atoms with van der Waals surface area (Å²) in [5, 5.41) is 3.12. The van der Waals surface area contributed by atoms with Crippen LogP contribution < -0.4 is 16.6 Å². The monoisotopic (exact) mass is 151 g/mol. The van der Waals surface area contributed by atoms with Gasteiger partial charge in [0.05, 0.1) is 6.67 Å². The molecule has 11 heavy (non-hydrogen) atoms. The van der Waals surface area contributed by atoms with Crippen LogP contribution in [0.2, 0.25) is 0 Å². The third-order valence-electron chi connectivity index (χ3n) is 1.40. The van der Waals surface area contributed by atoms with Crippen LogP contribution in [0.1, 0.15) is 5.56 Å². The van der Waals surface area contributed by atoms with Gasteiger partial charge in [0.2, 0.25) is 0 Å². The van der Waals surface area contributed by atoms with E-state index in [9.17, 15) is 0 Å². The van der Waals surface area contributed by atoms with E-state index in [0.29, 0.717) is 6.67 Å². The molecule has 0 bridgehead atoms. The van der Waals surface area contributed by atoms with Gasteiger partial charge in [-0.2, -0.15) is 0 Å². The van der Waals surface area contributed by atoms with Gasteiger partial charge in [-0.15, -0.1) is 0 Å². The van der Waals surface area contributed by atoms with Gasteiger partial charge in [0.15, 0.2) is 0 Å². The van der Waals surface area contributed by atoms with Gasteiger partial charge in [-0.05, 0) is 5.56 Å². The van der Waals surface area contributed by atoms with E-state index in [0.717, 1.165) is 6.54 Å². The van der Waals surface area contributed by atoms with Crippen LogP contribution in [0.4, 0.5) is 0 Å². The minimum absolute atomic E-state index is 0.634. The van der Waals surface area contributed by atoms with E-state index < -0.39 is 0 Å². The van der Waals surface area contributed by atoms with Crippen LogP contribution >= 0.6 is 0 Å². The van der Waals surface area contributed by atoms with E-state index in [1.54, 1.807) is 0 Å². The Hall–Kier alpha value is -0.900. The minimum Gasteiger partial charge on any atom is -0.299 e. The summed E-state index contributed by atoms with van der Waals surface area (Å²) in [4.78, 5) is 0. The summed E-state index contributed by atoms with van der Waals surface area (Å²) in [5.41, 5.74) is 3.79. The highest BCUT2D eigenvalue weighted by atomic mass is 15.3. The molecular formula is C8H13N3. The lowest BCUT2D eigenvalue weighted by molar-refractivity contribution is 0.601. The Labute approximate surface area is 66.6 Å². The third-order valence-corrected chi connectivity index (χ3v) is 1.40. The van der Waals surface area contributed by atoms with Gasteiger partial charge in [0, 0.05) is 6.54 Å². The van der Waals surface area contributed by atoms with E-state index in [1.165, 1.54) is 5.56 Å². The number of hydrazine groups is 1. The number of rotatable bonds is 4. The molecule has 1 rings (SSSR count). The second-order valence-corrected chi connectivity index (χ2v) is 2.29. The molecule has 0 spiro atoms. The summed E-state index contributed by atoms with van der Waals surface area (Å²) in [6, 6.07) is 10.2. The molecule has 3 nitrogen and oxygen atoms in total. The number of benzene rings is 1. The highest BCUT2D eigenvalue weighted by molar-refractivity contribution is 5.14. The average Bonchev–Trinajstić information content (AvgIpc) is 2.07. The molecule has 1 aromatic rings. The van der Waals surface area contributed by atoms with Gasteiger partial charge in [-0.1, -0.05) is 30.3 Å². The van der Waals surface area contributed by atoms with Crippen molar-refractivity contribution in [2.75, 3.05) is 6.67 Å². The van der Waals surface area contributed by atoms with E-state index in [1.807, 2.05) is 18.2 Å². The highest BCUT2D eigenvalue weighted by Gasteiger charge is 1.87. The summed E-state index contributed by atoms with van der Waals surface area (Å²) in [6.07, 6.45) is 0. The molecule has 60 valence electrons. The first kappa shape index (κ1) is 8.20. The van der Waals surface area contributed by atoms with Gasteiger partial charge in [-0.3, -0.25) is 11.2 Å². The predicted octanol–water partition coefficient (Wildman–Crippen LogP) is 0.197. The zero-order valence-electron chi connectivity index (χ0n) is 6.38. The van der Waals surface area contributed by atoms with Crippen molar-refractivity contribution in [3.8, 4) is 0 Å². The van der Waals surface area contributed by atoms with E-state index in [-0.39, 0.29) is 0 Å². The lowest BCUT2D eigenvalue weighted by atomic mass is 10.2. The summed E-state index contributed by atoms with van der Waals surface area (Å²) in [5.74, 6) is 5.08. The maximum atomic E-state index is 5.08. The Kier molecular flexibility index (Phi) is 3.61. The smallest absolute Gasteiger partial charge is 0.0590 e. The maximum absolute atomic E-state index is 5.08. The molecule has 1 aromatic carbocycles. The van der Waals surface area contributed by atoms with Crippen LogP contribution in [0.15, 0.2) is 30.3 Å². The Morgan fingerprint density at radius 2 is 1.91 bits per heavy atom. The topological polar surface area (TPSA) is 50.1 Å². The van der Waals surface area contributed by atoms with Crippen molar-refractivity contribution in [2.24, 2.45) is 5.84 Å². The van der Waals surface area contributed by atoms with Crippen molar-refractivity contribution in [1.29, 1.82) is 0 Å². The standard InChI is InChI=1S/C8H13N3/c9-11-7-10-6-8-4-2-1-3-5-8/h1-5,10-11H,6-7,9H2. The second-order valence-electron chi connectivity index (χ2n) is 2.29. The van der Waals surface area contributed by atoms with Crippen molar-refractivity contribution < 1.29 is 0 Å². The molecular weight excluding hydrogens is 138 g/mol. The van der Waals surface area contributed by atoms with E-state index >= 15 is 0 Å². The molecule has 0 atom stereocenters. The van der Waals surface area contributed by atoms with Gasteiger partial charge in [0.1, 0.15) is 0 Å². The highest BCUT2D eigenvalue weighted by Crippen LogP contribution is 1.95. The Morgan fingerprint density at radius 1 is 1.18 bits per heavy atom.